The van der Waals surface area contributed by atoms with Gasteiger partial charge in [0, 0.05) is 5.56 Å². The first-order valence-electron chi connectivity index (χ1n) is 7.66. The number of aliphatic carboxylic acids is 1. The van der Waals surface area contributed by atoms with E-state index in [1.807, 2.05) is 0 Å². The Labute approximate surface area is 149 Å². The molecule has 26 heavy (non-hydrogen) atoms. The van der Waals surface area contributed by atoms with Gasteiger partial charge in [0.15, 0.2) is 0 Å². The molecule has 0 radical (unpaired) electrons. The Morgan fingerprint density at radius 2 is 1.54 bits per heavy atom. The molecule has 0 aliphatic heterocycles. The zero-order valence-electron chi connectivity index (χ0n) is 13.7. The van der Waals surface area contributed by atoms with E-state index in [2.05, 4.69) is 0 Å². The molecule has 8 heteroatoms. The van der Waals surface area contributed by atoms with Crippen molar-refractivity contribution in [1.29, 1.82) is 0 Å². The van der Waals surface area contributed by atoms with Gasteiger partial charge < -0.3 is 20.7 Å². The van der Waals surface area contributed by atoms with E-state index in [9.17, 15) is 24.6 Å². The van der Waals surface area contributed by atoms with Crippen LogP contribution in [0.5, 0.6) is 0 Å². The summed E-state index contributed by atoms with van der Waals surface area (Å²) in [4.78, 5) is 36.5. The summed E-state index contributed by atoms with van der Waals surface area (Å²) in [5, 5.41) is 20.3. The smallest absolute Gasteiger partial charge is 0.420 e. The number of rotatable bonds is 6. The van der Waals surface area contributed by atoms with Gasteiger partial charge in [-0.05, 0) is 5.56 Å². The lowest BCUT2D eigenvalue weighted by molar-refractivity contribution is -0.186. The maximum Gasteiger partial charge on any atom is 0.420 e. The van der Waals surface area contributed by atoms with Crippen molar-refractivity contribution < 1.29 is 29.3 Å². The second-order valence-electron chi connectivity index (χ2n) is 5.32. The predicted octanol–water partition coefficient (Wildman–Crippen LogP) is 1.04. The van der Waals surface area contributed by atoms with Crippen molar-refractivity contribution >= 4 is 18.0 Å². The van der Waals surface area contributed by atoms with Crippen LogP contribution in [0.2, 0.25) is 0 Å². The van der Waals surface area contributed by atoms with Gasteiger partial charge in [-0.15, -0.1) is 0 Å². The van der Waals surface area contributed by atoms with Gasteiger partial charge in [0.05, 0.1) is 6.54 Å². The van der Waals surface area contributed by atoms with Crippen molar-refractivity contribution in [3.05, 3.63) is 71.8 Å². The van der Waals surface area contributed by atoms with Crippen LogP contribution in [-0.4, -0.2) is 39.6 Å². The number of nitrogens with zero attached hydrogens (tertiary/aromatic N) is 1. The summed E-state index contributed by atoms with van der Waals surface area (Å²) < 4.78 is 5.02. The molecule has 2 rings (SSSR count). The molecule has 0 fully saturated rings. The number of benzene rings is 2. The van der Waals surface area contributed by atoms with Crippen LogP contribution >= 0.6 is 0 Å². The summed E-state index contributed by atoms with van der Waals surface area (Å²) in [5.74, 6) is -2.92. The Kier molecular flexibility index (Phi) is 6.05. The topological polar surface area (TPSA) is 130 Å². The number of hydrogen-bond acceptors (Lipinski definition) is 6. The lowest BCUT2D eigenvalue weighted by atomic mass is 10.0. The number of hydrogen-bond donors (Lipinski definition) is 3. The molecule has 4 N–H and O–H groups in total. The number of carboxylic acids is 1. The highest BCUT2D eigenvalue weighted by molar-refractivity contribution is 5.98. The van der Waals surface area contributed by atoms with Gasteiger partial charge in [-0.25, -0.2) is 14.5 Å². The van der Waals surface area contributed by atoms with E-state index < -0.39 is 30.2 Å². The molecule has 0 aliphatic rings. The highest BCUT2D eigenvalue weighted by Gasteiger charge is 2.51. The van der Waals surface area contributed by atoms with Crippen LogP contribution in [0, 0.1) is 0 Å². The number of aliphatic hydroxyl groups is 1. The molecule has 0 spiro atoms. The number of carboxylic acid groups (broad SMARTS) is 1. The van der Waals surface area contributed by atoms with Gasteiger partial charge in [0.25, 0.3) is 5.72 Å². The number of ether oxygens (including phenoxy) is 1. The fraction of sp³-hybridized carbons (Fsp3) is 0.167. The van der Waals surface area contributed by atoms with Crippen molar-refractivity contribution in [3.8, 4) is 0 Å². The molecular formula is C18H18N2O6. The monoisotopic (exact) mass is 358 g/mol. The Balaban J connectivity index is 2.36. The third-order valence-corrected chi connectivity index (χ3v) is 3.61. The number of imide groups is 1. The molecule has 136 valence electrons. The highest BCUT2D eigenvalue weighted by Crippen LogP contribution is 2.27. The molecule has 0 aliphatic carbocycles. The van der Waals surface area contributed by atoms with E-state index in [4.69, 9.17) is 10.5 Å². The highest BCUT2D eigenvalue weighted by atomic mass is 16.6. The zero-order valence-corrected chi connectivity index (χ0v) is 13.7. The zero-order chi connectivity index (χ0) is 19.2. The maximum absolute atomic E-state index is 12.4. The van der Waals surface area contributed by atoms with E-state index in [1.54, 1.807) is 36.4 Å². The van der Waals surface area contributed by atoms with Gasteiger partial charge in [-0.1, -0.05) is 60.7 Å². The molecule has 0 saturated heterocycles. The van der Waals surface area contributed by atoms with Gasteiger partial charge in [-0.3, -0.25) is 4.79 Å². The SMILES string of the molecule is NCC(=O)N(C(=O)OCc1ccccc1)C(O)(C(=O)O)c1ccccc1. The van der Waals surface area contributed by atoms with Gasteiger partial charge >= 0.3 is 12.1 Å². The summed E-state index contributed by atoms with van der Waals surface area (Å²) >= 11 is 0. The Bertz CT molecular complexity index is 781. The Morgan fingerprint density at radius 3 is 2.04 bits per heavy atom. The van der Waals surface area contributed by atoms with Gasteiger partial charge in [0.2, 0.25) is 5.91 Å². The molecule has 0 bridgehead atoms. The third kappa shape index (κ3) is 3.88. The lowest BCUT2D eigenvalue weighted by Crippen LogP contribution is -2.58. The first-order chi connectivity index (χ1) is 12.4. The van der Waals surface area contributed by atoms with Gasteiger partial charge in [-0.2, -0.15) is 0 Å². The van der Waals surface area contributed by atoms with Crippen molar-refractivity contribution in [2.24, 2.45) is 5.73 Å². The Hall–Kier alpha value is -3.23. The third-order valence-electron chi connectivity index (χ3n) is 3.61. The summed E-state index contributed by atoms with van der Waals surface area (Å²) in [7, 11) is 0. The largest absolute Gasteiger partial charge is 0.477 e. The van der Waals surface area contributed by atoms with E-state index in [-0.39, 0.29) is 17.1 Å². The molecule has 8 nitrogen and oxygen atoms in total. The quantitative estimate of drug-likeness (QED) is 0.658. The van der Waals surface area contributed by atoms with Crippen molar-refractivity contribution in [1.82, 2.24) is 4.90 Å². The molecule has 0 aromatic heterocycles. The Morgan fingerprint density at radius 1 is 1.00 bits per heavy atom. The number of amides is 2. The summed E-state index contributed by atoms with van der Waals surface area (Å²) in [6.45, 7) is -0.901. The lowest BCUT2D eigenvalue weighted by Gasteiger charge is -2.33. The van der Waals surface area contributed by atoms with E-state index >= 15 is 0 Å². The van der Waals surface area contributed by atoms with Crippen LogP contribution in [0.3, 0.4) is 0 Å². The molecule has 2 amide bonds. The maximum atomic E-state index is 12.4. The number of carbonyl (C=O) groups is 3. The van der Waals surface area contributed by atoms with Crippen LogP contribution in [0.15, 0.2) is 60.7 Å². The number of nitrogens with two attached hydrogens (primary N) is 1. The summed E-state index contributed by atoms with van der Waals surface area (Å²) in [6, 6.07) is 15.7. The summed E-state index contributed by atoms with van der Waals surface area (Å²) in [5.41, 5.74) is 2.77. The van der Waals surface area contributed by atoms with Gasteiger partial charge in [0.1, 0.15) is 6.61 Å². The van der Waals surface area contributed by atoms with E-state index in [0.717, 1.165) is 0 Å². The first-order valence-corrected chi connectivity index (χ1v) is 7.66. The average Bonchev–Trinajstić information content (AvgIpc) is 2.67. The second-order valence-corrected chi connectivity index (χ2v) is 5.32. The van der Waals surface area contributed by atoms with Crippen LogP contribution in [0.4, 0.5) is 4.79 Å². The minimum Gasteiger partial charge on any atom is -0.477 e. The standard InChI is InChI=1S/C18H18N2O6/c19-11-15(21)20(17(24)26-12-13-7-3-1-4-8-13)18(25,16(22)23)14-9-5-2-6-10-14/h1-10,25H,11-12,19H2,(H,22,23). The van der Waals surface area contributed by atoms with Crippen LogP contribution in [0.1, 0.15) is 11.1 Å². The molecular weight excluding hydrogens is 340 g/mol. The van der Waals surface area contributed by atoms with E-state index in [1.165, 1.54) is 24.3 Å². The predicted molar refractivity (Wildman–Crippen MR) is 90.5 cm³/mol. The van der Waals surface area contributed by atoms with Crippen molar-refractivity contribution in [2.45, 2.75) is 12.3 Å². The molecule has 0 saturated carbocycles. The first kappa shape index (κ1) is 19.1. The molecule has 1 unspecified atom stereocenters. The van der Waals surface area contributed by atoms with Crippen LogP contribution < -0.4 is 5.73 Å². The van der Waals surface area contributed by atoms with Crippen LogP contribution in [0.25, 0.3) is 0 Å². The van der Waals surface area contributed by atoms with E-state index in [0.29, 0.717) is 5.56 Å². The summed E-state index contributed by atoms with van der Waals surface area (Å²) in [6.07, 6.45) is -1.32. The normalized spacial score (nSPS) is 12.7. The van der Waals surface area contributed by atoms with Crippen molar-refractivity contribution in [3.63, 3.8) is 0 Å². The minimum atomic E-state index is -2.95. The second kappa shape index (κ2) is 8.24. The molecule has 2 aromatic carbocycles. The number of carbonyl (C=O) groups excluding carboxylic acids is 2. The molecule has 0 heterocycles. The average molecular weight is 358 g/mol. The molecule has 1 atom stereocenters. The van der Waals surface area contributed by atoms with Crippen LogP contribution in [-0.2, 0) is 26.7 Å². The minimum absolute atomic E-state index is 0.119. The van der Waals surface area contributed by atoms with Crippen molar-refractivity contribution in [2.75, 3.05) is 6.54 Å². The fourth-order valence-corrected chi connectivity index (χ4v) is 2.31. The molecule has 2 aromatic rings. The fourth-order valence-electron chi connectivity index (χ4n) is 2.31.